The zero-order chi connectivity index (χ0) is 16.4. The van der Waals surface area contributed by atoms with Gasteiger partial charge < -0.3 is 4.74 Å². The van der Waals surface area contributed by atoms with Crippen molar-refractivity contribution in [1.82, 2.24) is 14.5 Å². The van der Waals surface area contributed by atoms with E-state index < -0.39 is 10.0 Å². The Morgan fingerprint density at radius 3 is 2.52 bits per heavy atom. The summed E-state index contributed by atoms with van der Waals surface area (Å²) in [5.41, 5.74) is 0.834. The third-order valence-electron chi connectivity index (χ3n) is 3.60. The Morgan fingerprint density at radius 2 is 1.96 bits per heavy atom. The predicted octanol–water partition coefficient (Wildman–Crippen LogP) is 2.84. The molecule has 1 fully saturated rings. The summed E-state index contributed by atoms with van der Waals surface area (Å²) in [6, 6.07) is 7.02. The van der Waals surface area contributed by atoms with Gasteiger partial charge in [-0.2, -0.15) is 9.40 Å². The first kappa shape index (κ1) is 16.8. The quantitative estimate of drug-likeness (QED) is 0.764. The highest BCUT2D eigenvalue weighted by Gasteiger charge is 2.31. The molecule has 0 amide bonds. The molecule has 0 radical (unpaired) electrons. The normalized spacial score (nSPS) is 17.3. The van der Waals surface area contributed by atoms with Gasteiger partial charge in [-0.3, -0.25) is 0 Å². The monoisotopic (exact) mass is 417 g/mol. The zero-order valence-corrected chi connectivity index (χ0v) is 15.7. The van der Waals surface area contributed by atoms with E-state index in [1.807, 2.05) is 13.0 Å². The van der Waals surface area contributed by atoms with Crippen LogP contribution in [0.5, 0.6) is 5.88 Å². The smallest absolute Gasteiger partial charge is 0.252 e. The number of aryl methyl sites for hydroxylation is 1. The Morgan fingerprint density at radius 1 is 1.22 bits per heavy atom. The molecule has 3 rings (SSSR count). The number of nitrogens with zero attached hydrogens (tertiary/aromatic N) is 3. The van der Waals surface area contributed by atoms with Crippen LogP contribution in [0.15, 0.2) is 32.3 Å². The third kappa shape index (κ3) is 3.90. The summed E-state index contributed by atoms with van der Waals surface area (Å²) >= 11 is 4.53. The van der Waals surface area contributed by atoms with Crippen LogP contribution < -0.4 is 4.74 Å². The van der Waals surface area contributed by atoms with Crippen LogP contribution in [0.4, 0.5) is 0 Å². The molecule has 0 aromatic carbocycles. The Labute approximate surface area is 147 Å². The highest BCUT2D eigenvalue weighted by Crippen LogP contribution is 2.30. The number of aromatic nitrogens is 2. The first-order valence-electron chi connectivity index (χ1n) is 7.17. The summed E-state index contributed by atoms with van der Waals surface area (Å²) in [6.07, 6.45) is 1.25. The predicted molar refractivity (Wildman–Crippen MR) is 91.2 cm³/mol. The molecule has 9 heteroatoms. The maximum absolute atomic E-state index is 12.6. The fraction of sp³-hybridized carbons (Fsp3) is 0.429. The van der Waals surface area contributed by atoms with Crippen LogP contribution in [-0.4, -0.2) is 42.1 Å². The molecule has 1 aliphatic rings. The van der Waals surface area contributed by atoms with Gasteiger partial charge in [0.2, 0.25) is 5.88 Å². The maximum atomic E-state index is 12.6. The maximum Gasteiger partial charge on any atom is 0.252 e. The van der Waals surface area contributed by atoms with Crippen molar-refractivity contribution >= 4 is 37.3 Å². The van der Waals surface area contributed by atoms with E-state index in [-0.39, 0.29) is 6.10 Å². The molecule has 124 valence electrons. The number of halogens is 1. The van der Waals surface area contributed by atoms with Gasteiger partial charge in [-0.25, -0.2) is 8.42 Å². The lowest BCUT2D eigenvalue weighted by Gasteiger charge is -2.30. The molecule has 3 heterocycles. The van der Waals surface area contributed by atoms with E-state index in [9.17, 15) is 8.42 Å². The van der Waals surface area contributed by atoms with Gasteiger partial charge in [0.25, 0.3) is 10.0 Å². The summed E-state index contributed by atoms with van der Waals surface area (Å²) in [6.45, 7) is 2.76. The SMILES string of the molecule is Cc1ccc(OC2CCN(S(=O)(=O)c3ccc(Br)s3)CC2)nn1. The average Bonchev–Trinajstić information content (AvgIpc) is 2.98. The van der Waals surface area contributed by atoms with Gasteiger partial charge in [-0.1, -0.05) is 0 Å². The van der Waals surface area contributed by atoms with E-state index in [0.717, 1.165) is 9.48 Å². The third-order valence-corrected chi connectivity index (χ3v) is 7.59. The highest BCUT2D eigenvalue weighted by molar-refractivity contribution is 9.11. The van der Waals surface area contributed by atoms with Crippen molar-refractivity contribution in [3.8, 4) is 5.88 Å². The van der Waals surface area contributed by atoms with Crippen molar-refractivity contribution < 1.29 is 13.2 Å². The number of ether oxygens (including phenoxy) is 1. The van der Waals surface area contributed by atoms with Gasteiger partial charge in [-0.05, 0) is 53.9 Å². The lowest BCUT2D eigenvalue weighted by molar-refractivity contribution is 0.128. The first-order chi connectivity index (χ1) is 10.9. The Kier molecular flexibility index (Phi) is 5.00. The van der Waals surface area contributed by atoms with Crippen LogP contribution in [0.3, 0.4) is 0 Å². The van der Waals surface area contributed by atoms with Gasteiger partial charge in [0.05, 0.1) is 9.48 Å². The topological polar surface area (TPSA) is 72.4 Å². The first-order valence-corrected chi connectivity index (χ1v) is 10.2. The van der Waals surface area contributed by atoms with E-state index in [4.69, 9.17) is 4.74 Å². The van der Waals surface area contributed by atoms with Crippen LogP contribution in [0.25, 0.3) is 0 Å². The number of piperidine rings is 1. The molecular formula is C14H16BrN3O3S2. The standard InChI is InChI=1S/C14H16BrN3O3S2/c1-10-2-4-13(17-16-10)21-11-6-8-18(9-7-11)23(19,20)14-5-3-12(15)22-14/h2-5,11H,6-9H2,1H3. The largest absolute Gasteiger partial charge is 0.473 e. The molecule has 6 nitrogen and oxygen atoms in total. The summed E-state index contributed by atoms with van der Waals surface area (Å²) in [5, 5.41) is 7.94. The molecule has 1 saturated heterocycles. The molecule has 2 aromatic rings. The van der Waals surface area contributed by atoms with E-state index in [1.54, 1.807) is 18.2 Å². The number of hydrogen-bond acceptors (Lipinski definition) is 6. The molecule has 1 aliphatic heterocycles. The molecule has 0 saturated carbocycles. The average molecular weight is 418 g/mol. The van der Waals surface area contributed by atoms with E-state index in [0.29, 0.717) is 36.0 Å². The minimum Gasteiger partial charge on any atom is -0.473 e. The second kappa shape index (κ2) is 6.84. The lowest BCUT2D eigenvalue weighted by Crippen LogP contribution is -2.41. The van der Waals surface area contributed by atoms with Gasteiger partial charge in [-0.15, -0.1) is 16.4 Å². The molecule has 2 aromatic heterocycles. The van der Waals surface area contributed by atoms with Gasteiger partial charge in [0.15, 0.2) is 0 Å². The number of sulfonamides is 1. The minimum atomic E-state index is -3.40. The highest BCUT2D eigenvalue weighted by atomic mass is 79.9. The fourth-order valence-corrected chi connectivity index (χ4v) is 6.01. The van der Waals surface area contributed by atoms with Crippen molar-refractivity contribution in [1.29, 1.82) is 0 Å². The summed E-state index contributed by atoms with van der Waals surface area (Å²) < 4.78 is 33.6. The molecule has 0 spiro atoms. The van der Waals surface area contributed by atoms with Crippen LogP contribution in [0, 0.1) is 6.92 Å². The van der Waals surface area contributed by atoms with E-state index >= 15 is 0 Å². The Bertz CT molecular complexity index is 769. The summed E-state index contributed by atoms with van der Waals surface area (Å²) in [4.78, 5) is 0. The van der Waals surface area contributed by atoms with Gasteiger partial charge in [0, 0.05) is 19.2 Å². The van der Waals surface area contributed by atoms with Crippen LogP contribution in [0.1, 0.15) is 18.5 Å². The second-order valence-corrected chi connectivity index (χ2v) is 9.92. The second-order valence-electron chi connectivity index (χ2n) is 5.29. The summed E-state index contributed by atoms with van der Waals surface area (Å²) in [7, 11) is -3.40. The van der Waals surface area contributed by atoms with Crippen molar-refractivity contribution in [2.24, 2.45) is 0 Å². The molecule has 0 atom stereocenters. The Hall–Kier alpha value is -1.03. The molecular weight excluding hydrogens is 402 g/mol. The number of rotatable bonds is 4. The minimum absolute atomic E-state index is 0.0338. The van der Waals surface area contributed by atoms with Gasteiger partial charge in [0.1, 0.15) is 10.3 Å². The van der Waals surface area contributed by atoms with Crippen LogP contribution >= 0.6 is 27.3 Å². The molecule has 23 heavy (non-hydrogen) atoms. The van der Waals surface area contributed by atoms with E-state index in [1.165, 1.54) is 15.6 Å². The zero-order valence-electron chi connectivity index (χ0n) is 12.5. The van der Waals surface area contributed by atoms with Crippen molar-refractivity contribution in [2.45, 2.75) is 30.1 Å². The lowest BCUT2D eigenvalue weighted by atomic mass is 10.1. The van der Waals surface area contributed by atoms with Crippen molar-refractivity contribution in [2.75, 3.05) is 13.1 Å². The Balaban J connectivity index is 1.61. The fourth-order valence-electron chi connectivity index (χ4n) is 2.37. The number of hydrogen-bond donors (Lipinski definition) is 0. The van der Waals surface area contributed by atoms with Crippen molar-refractivity contribution in [3.63, 3.8) is 0 Å². The van der Waals surface area contributed by atoms with E-state index in [2.05, 4.69) is 26.1 Å². The number of thiophene rings is 1. The molecule has 0 unspecified atom stereocenters. The molecule has 0 bridgehead atoms. The van der Waals surface area contributed by atoms with Gasteiger partial charge >= 0.3 is 0 Å². The summed E-state index contributed by atoms with van der Waals surface area (Å²) in [5.74, 6) is 0.485. The molecule has 0 N–H and O–H groups in total. The van der Waals surface area contributed by atoms with Crippen LogP contribution in [0.2, 0.25) is 0 Å². The molecule has 0 aliphatic carbocycles. The van der Waals surface area contributed by atoms with Crippen LogP contribution in [-0.2, 0) is 10.0 Å². The van der Waals surface area contributed by atoms with Crippen molar-refractivity contribution in [3.05, 3.63) is 33.7 Å².